The van der Waals surface area contributed by atoms with Crippen LogP contribution in [-0.2, 0) is 6.61 Å². The van der Waals surface area contributed by atoms with Crippen LogP contribution in [0.5, 0.6) is 11.5 Å². The van der Waals surface area contributed by atoms with E-state index in [9.17, 15) is 9.59 Å². The van der Waals surface area contributed by atoms with Crippen molar-refractivity contribution in [1.82, 2.24) is 20.4 Å². The van der Waals surface area contributed by atoms with Gasteiger partial charge in [0.15, 0.2) is 11.5 Å². The second kappa shape index (κ2) is 10.2. The first-order chi connectivity index (χ1) is 17.9. The Morgan fingerprint density at radius 3 is 2.11 bits per heavy atom. The fourth-order valence-electron chi connectivity index (χ4n) is 4.81. The number of rotatable bonds is 8. The minimum atomic E-state index is -0.632. The molecule has 0 unspecified atom stereocenters. The van der Waals surface area contributed by atoms with E-state index in [4.69, 9.17) is 9.47 Å². The first kappa shape index (κ1) is 24.7. The standard InChI is InChI=1S/C28H27BrN4O4/c1-4-36-22-13-19(25(23-15(2)30-32-27(23)34)24-16(3)31-33-28(24)35)12-21(29)26(22)37-14-18-10-7-9-17-8-5-6-11-20(17)18/h5-13,25H,4,14H2,1-3H3,(H2,30,32,34)(H2,31,33,35). The van der Waals surface area contributed by atoms with Gasteiger partial charge >= 0.3 is 0 Å². The number of benzene rings is 3. The van der Waals surface area contributed by atoms with Crippen LogP contribution in [-0.4, -0.2) is 27.0 Å². The number of ether oxygens (including phenoxy) is 2. The van der Waals surface area contributed by atoms with E-state index in [2.05, 4.69) is 54.5 Å². The van der Waals surface area contributed by atoms with E-state index in [-0.39, 0.29) is 11.1 Å². The summed E-state index contributed by atoms with van der Waals surface area (Å²) in [5, 5.41) is 13.3. The second-order valence-electron chi connectivity index (χ2n) is 8.86. The number of fused-ring (bicyclic) bond motifs is 1. The van der Waals surface area contributed by atoms with Gasteiger partial charge in [-0.25, -0.2) is 0 Å². The first-order valence-corrected chi connectivity index (χ1v) is 12.8. The quantitative estimate of drug-likeness (QED) is 0.202. The molecular formula is C28H27BrN4O4. The van der Waals surface area contributed by atoms with E-state index in [0.717, 1.165) is 16.3 Å². The Labute approximate surface area is 221 Å². The monoisotopic (exact) mass is 562 g/mol. The highest BCUT2D eigenvalue weighted by Gasteiger charge is 2.30. The van der Waals surface area contributed by atoms with Crippen LogP contribution in [0, 0.1) is 13.8 Å². The molecule has 3 aromatic carbocycles. The predicted molar refractivity (Wildman–Crippen MR) is 147 cm³/mol. The molecule has 8 nitrogen and oxygen atoms in total. The van der Waals surface area contributed by atoms with Crippen molar-refractivity contribution >= 4 is 26.7 Å². The van der Waals surface area contributed by atoms with E-state index in [1.807, 2.05) is 43.3 Å². The summed E-state index contributed by atoms with van der Waals surface area (Å²) in [7, 11) is 0. The van der Waals surface area contributed by atoms with Crippen molar-refractivity contribution in [3.8, 4) is 11.5 Å². The lowest BCUT2D eigenvalue weighted by atomic mass is 9.85. The molecule has 0 amide bonds. The van der Waals surface area contributed by atoms with Gasteiger partial charge in [-0.05, 0) is 70.7 Å². The van der Waals surface area contributed by atoms with Gasteiger partial charge in [0.2, 0.25) is 0 Å². The first-order valence-electron chi connectivity index (χ1n) is 12.0. The maximum atomic E-state index is 12.8. The maximum absolute atomic E-state index is 12.8. The van der Waals surface area contributed by atoms with Crippen LogP contribution in [0.25, 0.3) is 10.8 Å². The van der Waals surface area contributed by atoms with Gasteiger partial charge in [-0.2, -0.15) is 0 Å². The lowest BCUT2D eigenvalue weighted by Gasteiger charge is -2.20. The van der Waals surface area contributed by atoms with E-state index < -0.39 is 5.92 Å². The third-order valence-corrected chi connectivity index (χ3v) is 7.11. The summed E-state index contributed by atoms with van der Waals surface area (Å²) in [6.07, 6.45) is 0. The van der Waals surface area contributed by atoms with Crippen LogP contribution >= 0.6 is 15.9 Å². The topological polar surface area (TPSA) is 116 Å². The van der Waals surface area contributed by atoms with Gasteiger partial charge in [0.05, 0.1) is 22.2 Å². The Balaban J connectivity index is 1.60. The van der Waals surface area contributed by atoms with Gasteiger partial charge in [0, 0.05) is 17.3 Å². The minimum Gasteiger partial charge on any atom is -0.490 e. The molecule has 0 saturated heterocycles. The van der Waals surface area contributed by atoms with Gasteiger partial charge in [0.25, 0.3) is 11.1 Å². The Bertz CT molecular complexity index is 1640. The van der Waals surface area contributed by atoms with E-state index >= 15 is 0 Å². The molecular weight excluding hydrogens is 536 g/mol. The summed E-state index contributed by atoms with van der Waals surface area (Å²) in [6, 6.07) is 18.0. The largest absolute Gasteiger partial charge is 0.490 e. The van der Waals surface area contributed by atoms with E-state index in [1.54, 1.807) is 13.8 Å². The zero-order valence-corrected chi connectivity index (χ0v) is 22.3. The minimum absolute atomic E-state index is 0.284. The summed E-state index contributed by atoms with van der Waals surface area (Å²) in [6.45, 7) is 6.26. The third-order valence-electron chi connectivity index (χ3n) is 6.52. The Kier molecular flexibility index (Phi) is 6.80. The number of aryl methyl sites for hydroxylation is 2. The number of hydrogen-bond donors (Lipinski definition) is 4. The molecule has 2 heterocycles. The Morgan fingerprint density at radius 2 is 1.49 bits per heavy atom. The van der Waals surface area contributed by atoms with Crippen molar-refractivity contribution in [3.05, 3.63) is 113 Å². The summed E-state index contributed by atoms with van der Waals surface area (Å²) in [5.74, 6) is 0.440. The molecule has 0 spiro atoms. The maximum Gasteiger partial charge on any atom is 0.268 e. The molecule has 9 heteroatoms. The second-order valence-corrected chi connectivity index (χ2v) is 9.71. The summed E-state index contributed by atoms with van der Waals surface area (Å²) < 4.78 is 13.0. The van der Waals surface area contributed by atoms with Crippen molar-refractivity contribution in [2.75, 3.05) is 6.61 Å². The van der Waals surface area contributed by atoms with Crippen LogP contribution in [0.2, 0.25) is 0 Å². The Hall–Kier alpha value is -3.98. The van der Waals surface area contributed by atoms with Crippen molar-refractivity contribution in [1.29, 1.82) is 0 Å². The summed E-state index contributed by atoms with van der Waals surface area (Å²) >= 11 is 3.67. The fourth-order valence-corrected chi connectivity index (χ4v) is 5.38. The highest BCUT2D eigenvalue weighted by atomic mass is 79.9. The molecule has 0 bridgehead atoms. The molecule has 0 atom stereocenters. The molecule has 0 saturated carbocycles. The number of hydrogen-bond acceptors (Lipinski definition) is 4. The number of H-pyrrole nitrogens is 4. The van der Waals surface area contributed by atoms with E-state index in [0.29, 0.717) is 57.3 Å². The third kappa shape index (κ3) is 4.62. The average molecular weight is 563 g/mol. The highest BCUT2D eigenvalue weighted by molar-refractivity contribution is 9.10. The van der Waals surface area contributed by atoms with E-state index in [1.165, 1.54) is 0 Å². The van der Waals surface area contributed by atoms with Crippen LogP contribution < -0.4 is 20.6 Å². The number of halogens is 1. The molecule has 4 N–H and O–H groups in total. The molecule has 190 valence electrons. The number of nitrogens with one attached hydrogen (secondary N) is 4. The molecule has 0 fully saturated rings. The average Bonchev–Trinajstić information content (AvgIpc) is 3.40. The van der Waals surface area contributed by atoms with Gasteiger partial charge in [-0.3, -0.25) is 19.8 Å². The van der Waals surface area contributed by atoms with Gasteiger partial charge in [-0.15, -0.1) is 0 Å². The van der Waals surface area contributed by atoms with Crippen LogP contribution in [0.1, 0.15) is 46.5 Å². The molecule has 0 aliphatic rings. The van der Waals surface area contributed by atoms with Gasteiger partial charge in [0.1, 0.15) is 6.61 Å². The molecule has 5 aromatic rings. The fraction of sp³-hybridized carbons (Fsp3) is 0.214. The van der Waals surface area contributed by atoms with Crippen molar-refractivity contribution in [3.63, 3.8) is 0 Å². The van der Waals surface area contributed by atoms with Crippen LogP contribution in [0.4, 0.5) is 0 Å². The zero-order valence-electron chi connectivity index (χ0n) is 20.7. The molecule has 0 radical (unpaired) electrons. The van der Waals surface area contributed by atoms with Crippen LogP contribution in [0.15, 0.2) is 68.7 Å². The van der Waals surface area contributed by atoms with Crippen molar-refractivity contribution in [2.45, 2.75) is 33.3 Å². The zero-order chi connectivity index (χ0) is 26.1. The van der Waals surface area contributed by atoms with Crippen molar-refractivity contribution < 1.29 is 9.47 Å². The number of aromatic amines is 4. The smallest absolute Gasteiger partial charge is 0.268 e. The Morgan fingerprint density at radius 1 is 0.838 bits per heavy atom. The molecule has 0 aliphatic heterocycles. The molecule has 2 aromatic heterocycles. The summed E-state index contributed by atoms with van der Waals surface area (Å²) in [5.41, 5.74) is 3.44. The van der Waals surface area contributed by atoms with Crippen LogP contribution in [0.3, 0.4) is 0 Å². The highest BCUT2D eigenvalue weighted by Crippen LogP contribution is 2.42. The lowest BCUT2D eigenvalue weighted by molar-refractivity contribution is 0.268. The molecule has 0 aliphatic carbocycles. The predicted octanol–water partition coefficient (Wildman–Crippen LogP) is 5.41. The summed E-state index contributed by atoms with van der Waals surface area (Å²) in [4.78, 5) is 25.6. The molecule has 5 rings (SSSR count). The lowest BCUT2D eigenvalue weighted by Crippen LogP contribution is -2.20. The van der Waals surface area contributed by atoms with Gasteiger partial charge < -0.3 is 19.7 Å². The van der Waals surface area contributed by atoms with Crippen molar-refractivity contribution in [2.24, 2.45) is 0 Å². The normalized spacial score (nSPS) is 11.4. The molecule has 37 heavy (non-hydrogen) atoms. The number of aromatic nitrogens is 4. The SMILES string of the molecule is CCOc1cc(C(c2c(C)[nH][nH]c2=O)c2c(C)[nH][nH]c2=O)cc(Br)c1OCc1cccc2ccccc12. The van der Waals surface area contributed by atoms with Gasteiger partial charge in [-0.1, -0.05) is 42.5 Å².